The monoisotopic (exact) mass is 349 g/mol. The number of hydrogen-bond acceptors (Lipinski definition) is 6. The molecule has 0 aliphatic rings. The van der Waals surface area contributed by atoms with Crippen LogP contribution in [0.3, 0.4) is 0 Å². The molecule has 6 nitrogen and oxygen atoms in total. The first kappa shape index (κ1) is 18.0. The fourth-order valence-corrected chi connectivity index (χ4v) is 2.98. The van der Waals surface area contributed by atoms with Crippen molar-refractivity contribution in [1.29, 1.82) is 0 Å². The number of esters is 1. The van der Waals surface area contributed by atoms with Crippen molar-refractivity contribution in [3.05, 3.63) is 59.7 Å². The molecule has 2 aromatic rings. The second kappa shape index (κ2) is 7.46. The molecular formula is C17H19NO5S. The van der Waals surface area contributed by atoms with E-state index in [1.54, 1.807) is 24.3 Å². The summed E-state index contributed by atoms with van der Waals surface area (Å²) in [6, 6.07) is 12.0. The van der Waals surface area contributed by atoms with Crippen LogP contribution in [0.1, 0.15) is 11.1 Å². The van der Waals surface area contributed by atoms with Gasteiger partial charge in [-0.2, -0.15) is 8.42 Å². The second-order valence-corrected chi connectivity index (χ2v) is 6.87. The summed E-state index contributed by atoms with van der Waals surface area (Å²) < 4.78 is 34.1. The van der Waals surface area contributed by atoms with Crippen molar-refractivity contribution in [1.82, 2.24) is 0 Å². The number of ether oxygens (including phenoxy) is 1. The molecule has 0 heterocycles. The lowest BCUT2D eigenvalue weighted by atomic mass is 10.1. The smallest absolute Gasteiger partial charge is 0.339 e. The topological polar surface area (TPSA) is 95.7 Å². The van der Waals surface area contributed by atoms with Gasteiger partial charge in [0.1, 0.15) is 16.7 Å². The van der Waals surface area contributed by atoms with Crippen LogP contribution in [0.4, 0.5) is 0 Å². The Morgan fingerprint density at radius 3 is 2.21 bits per heavy atom. The van der Waals surface area contributed by atoms with Gasteiger partial charge < -0.3 is 14.7 Å². The van der Waals surface area contributed by atoms with E-state index in [0.29, 0.717) is 0 Å². The van der Waals surface area contributed by atoms with E-state index in [2.05, 4.69) is 4.74 Å². The Morgan fingerprint density at radius 1 is 1.08 bits per heavy atom. The fraction of sp³-hybridized carbons (Fsp3) is 0.235. The Kier molecular flexibility index (Phi) is 5.58. The number of methoxy groups -OCH3 is 1. The number of nitrogens with two attached hydrogens (primary N) is 1. The van der Waals surface area contributed by atoms with E-state index >= 15 is 0 Å². The molecule has 7 heteroatoms. The summed E-state index contributed by atoms with van der Waals surface area (Å²) in [6.45, 7) is 1.87. The molecule has 0 fully saturated rings. The minimum Gasteiger partial charge on any atom is -0.468 e. The van der Waals surface area contributed by atoms with Crippen molar-refractivity contribution >= 4 is 16.1 Å². The molecule has 0 spiro atoms. The Hall–Kier alpha value is -2.38. The second-order valence-electron chi connectivity index (χ2n) is 5.33. The highest BCUT2D eigenvalue weighted by Crippen LogP contribution is 2.20. The molecule has 0 saturated heterocycles. The molecule has 0 saturated carbocycles. The molecule has 0 radical (unpaired) electrons. The van der Waals surface area contributed by atoms with Crippen LogP contribution in [0.25, 0.3) is 0 Å². The van der Waals surface area contributed by atoms with Crippen LogP contribution in [-0.2, 0) is 26.1 Å². The summed E-state index contributed by atoms with van der Waals surface area (Å²) in [7, 11) is -2.61. The van der Waals surface area contributed by atoms with Gasteiger partial charge in [0.15, 0.2) is 0 Å². The van der Waals surface area contributed by atoms with E-state index in [9.17, 15) is 13.2 Å². The van der Waals surface area contributed by atoms with Crippen molar-refractivity contribution < 1.29 is 22.1 Å². The predicted molar refractivity (Wildman–Crippen MR) is 89.1 cm³/mol. The molecule has 0 aliphatic heterocycles. The number of carbonyl (C=O) groups is 1. The largest absolute Gasteiger partial charge is 0.468 e. The highest BCUT2D eigenvalue weighted by atomic mass is 32.2. The van der Waals surface area contributed by atoms with E-state index in [1.165, 1.54) is 31.4 Å². The van der Waals surface area contributed by atoms with Crippen LogP contribution in [0.15, 0.2) is 53.4 Å². The van der Waals surface area contributed by atoms with Crippen molar-refractivity contribution in [2.75, 3.05) is 7.11 Å². The molecular weight excluding hydrogens is 330 g/mol. The van der Waals surface area contributed by atoms with Crippen LogP contribution < -0.4 is 9.92 Å². The number of benzene rings is 2. The Balaban J connectivity index is 2.08. The van der Waals surface area contributed by atoms with E-state index in [1.807, 2.05) is 6.92 Å². The van der Waals surface area contributed by atoms with Gasteiger partial charge in [-0.15, -0.1) is 0 Å². The van der Waals surface area contributed by atoms with Gasteiger partial charge in [0.2, 0.25) is 0 Å². The highest BCUT2D eigenvalue weighted by Gasteiger charge is 2.17. The molecule has 1 atom stereocenters. The van der Waals surface area contributed by atoms with E-state index < -0.39 is 22.1 Å². The summed E-state index contributed by atoms with van der Waals surface area (Å²) in [5.41, 5.74) is 7.42. The minimum atomic E-state index is -3.88. The number of aryl methyl sites for hydroxylation is 1. The molecule has 0 bridgehead atoms. The van der Waals surface area contributed by atoms with Gasteiger partial charge in [-0.3, -0.25) is 4.79 Å². The average molecular weight is 349 g/mol. The van der Waals surface area contributed by atoms with Crippen LogP contribution in [-0.4, -0.2) is 27.5 Å². The predicted octanol–water partition coefficient (Wildman–Crippen LogP) is 1.81. The molecule has 0 unspecified atom stereocenters. The van der Waals surface area contributed by atoms with Crippen LogP contribution in [0.5, 0.6) is 5.75 Å². The lowest BCUT2D eigenvalue weighted by molar-refractivity contribution is -0.142. The summed E-state index contributed by atoms with van der Waals surface area (Å²) in [5.74, 6) is -0.316. The number of hydrogen-bond donors (Lipinski definition) is 1. The van der Waals surface area contributed by atoms with Crippen LogP contribution in [0, 0.1) is 6.92 Å². The molecule has 2 rings (SSSR count). The Bertz CT molecular complexity index is 798. The van der Waals surface area contributed by atoms with Gasteiger partial charge in [-0.05, 0) is 43.2 Å². The van der Waals surface area contributed by atoms with Crippen molar-refractivity contribution in [3.8, 4) is 5.75 Å². The lowest BCUT2D eigenvalue weighted by Gasteiger charge is -2.10. The Labute approximate surface area is 141 Å². The molecule has 0 amide bonds. The van der Waals surface area contributed by atoms with E-state index in [-0.39, 0.29) is 17.1 Å². The van der Waals surface area contributed by atoms with Crippen molar-refractivity contribution in [3.63, 3.8) is 0 Å². The normalized spacial score (nSPS) is 12.5. The molecule has 128 valence electrons. The van der Waals surface area contributed by atoms with Gasteiger partial charge >= 0.3 is 16.1 Å². The zero-order chi connectivity index (χ0) is 17.7. The zero-order valence-corrected chi connectivity index (χ0v) is 14.2. The maximum Gasteiger partial charge on any atom is 0.339 e. The van der Waals surface area contributed by atoms with Crippen molar-refractivity contribution in [2.45, 2.75) is 24.3 Å². The third-order valence-electron chi connectivity index (χ3n) is 3.40. The SMILES string of the molecule is COC(=O)[C@@H](N)Cc1ccc(OS(=O)(=O)c2ccc(C)cc2)cc1. The molecule has 0 aliphatic carbocycles. The first-order chi connectivity index (χ1) is 11.3. The zero-order valence-electron chi connectivity index (χ0n) is 13.4. The van der Waals surface area contributed by atoms with Crippen molar-refractivity contribution in [2.24, 2.45) is 5.73 Å². The van der Waals surface area contributed by atoms with E-state index in [4.69, 9.17) is 9.92 Å². The summed E-state index contributed by atoms with van der Waals surface area (Å²) in [5, 5.41) is 0. The number of carbonyl (C=O) groups excluding carboxylic acids is 1. The fourth-order valence-electron chi connectivity index (χ4n) is 2.05. The third-order valence-corrected chi connectivity index (χ3v) is 4.66. The third kappa shape index (κ3) is 4.56. The highest BCUT2D eigenvalue weighted by molar-refractivity contribution is 7.87. The quantitative estimate of drug-likeness (QED) is 0.631. The Morgan fingerprint density at radius 2 is 1.67 bits per heavy atom. The minimum absolute atomic E-state index is 0.0879. The molecule has 24 heavy (non-hydrogen) atoms. The van der Waals surface area contributed by atoms with Gasteiger partial charge in [0.25, 0.3) is 0 Å². The summed E-state index contributed by atoms with van der Waals surface area (Å²) in [4.78, 5) is 11.4. The van der Waals surface area contributed by atoms with Gasteiger partial charge in [0, 0.05) is 0 Å². The first-order valence-corrected chi connectivity index (χ1v) is 8.66. The maximum atomic E-state index is 12.2. The van der Waals surface area contributed by atoms with Gasteiger partial charge in [-0.1, -0.05) is 29.8 Å². The summed E-state index contributed by atoms with van der Waals surface area (Å²) in [6.07, 6.45) is 0.289. The molecule has 2 aromatic carbocycles. The summed E-state index contributed by atoms with van der Waals surface area (Å²) >= 11 is 0. The molecule has 0 aromatic heterocycles. The van der Waals surface area contributed by atoms with Gasteiger partial charge in [-0.25, -0.2) is 0 Å². The van der Waals surface area contributed by atoms with Crippen LogP contribution in [0.2, 0.25) is 0 Å². The average Bonchev–Trinajstić information content (AvgIpc) is 2.56. The maximum absolute atomic E-state index is 12.2. The van der Waals surface area contributed by atoms with Crippen LogP contribution >= 0.6 is 0 Å². The standard InChI is InChI=1S/C17H19NO5S/c1-12-3-9-15(10-4-12)24(20,21)23-14-7-5-13(6-8-14)11-16(18)17(19)22-2/h3-10,16H,11,18H2,1-2H3/t16-/m0/s1. The van der Waals surface area contributed by atoms with E-state index in [0.717, 1.165) is 11.1 Å². The number of rotatable bonds is 6. The first-order valence-electron chi connectivity index (χ1n) is 7.25. The molecule has 2 N–H and O–H groups in total. The van der Waals surface area contributed by atoms with Gasteiger partial charge in [0.05, 0.1) is 7.11 Å². The lowest BCUT2D eigenvalue weighted by Crippen LogP contribution is -2.33.